The summed E-state index contributed by atoms with van der Waals surface area (Å²) in [5.41, 5.74) is 5.80. The third kappa shape index (κ3) is 6.07. The summed E-state index contributed by atoms with van der Waals surface area (Å²) in [5.74, 6) is -1.71. The molecule has 0 bridgehead atoms. The van der Waals surface area contributed by atoms with Crippen LogP contribution in [-0.4, -0.2) is 18.0 Å². The van der Waals surface area contributed by atoms with Crippen LogP contribution in [0, 0.1) is 6.92 Å². The van der Waals surface area contributed by atoms with Gasteiger partial charge in [0.05, 0.1) is 6.21 Å². The van der Waals surface area contributed by atoms with E-state index in [1.54, 1.807) is 48.5 Å². The van der Waals surface area contributed by atoms with E-state index in [4.69, 9.17) is 23.2 Å². The van der Waals surface area contributed by atoms with Gasteiger partial charge in [-0.1, -0.05) is 41.4 Å². The number of nitrogens with zero attached hydrogens (tertiary/aromatic N) is 1. The minimum Gasteiger partial charge on any atom is -0.355 e. The summed E-state index contributed by atoms with van der Waals surface area (Å²) >= 11 is 12.1. The molecule has 0 unspecified atom stereocenters. The number of rotatable bonds is 5. The van der Waals surface area contributed by atoms with E-state index in [-0.39, 0.29) is 0 Å². The van der Waals surface area contributed by atoms with E-state index in [1.807, 2.05) is 25.1 Å². The lowest BCUT2D eigenvalue weighted by Gasteiger charge is -2.10. The third-order valence-corrected chi connectivity index (χ3v) is 4.44. The molecule has 0 aromatic heterocycles. The molecule has 6 nitrogen and oxygen atoms in total. The topological polar surface area (TPSA) is 82.6 Å². The molecular weight excluding hydrogens is 423 g/mol. The van der Waals surface area contributed by atoms with Crippen molar-refractivity contribution >= 4 is 58.3 Å². The Morgan fingerprint density at radius 3 is 2.37 bits per heavy atom. The number of benzene rings is 3. The second kappa shape index (κ2) is 9.91. The second-order valence-corrected chi connectivity index (χ2v) is 7.26. The average molecular weight is 441 g/mol. The van der Waals surface area contributed by atoms with Crippen LogP contribution in [0.15, 0.2) is 71.8 Å². The first-order chi connectivity index (χ1) is 14.4. The van der Waals surface area contributed by atoms with E-state index in [0.29, 0.717) is 27.0 Å². The largest absolute Gasteiger partial charge is 0.355 e. The Kier molecular flexibility index (Phi) is 7.06. The van der Waals surface area contributed by atoms with Crippen LogP contribution in [0.3, 0.4) is 0 Å². The number of hydrogen-bond acceptors (Lipinski definition) is 4. The van der Waals surface area contributed by atoms with Crippen molar-refractivity contribution in [1.29, 1.82) is 0 Å². The Balaban J connectivity index is 1.67. The van der Waals surface area contributed by atoms with E-state index in [0.717, 1.165) is 11.3 Å². The zero-order chi connectivity index (χ0) is 21.5. The van der Waals surface area contributed by atoms with Crippen molar-refractivity contribution in [2.24, 2.45) is 5.10 Å². The smallest absolute Gasteiger partial charge is 0.329 e. The van der Waals surface area contributed by atoms with Crippen LogP contribution in [0.25, 0.3) is 0 Å². The molecule has 8 heteroatoms. The molecule has 3 rings (SSSR count). The Hall–Kier alpha value is -3.35. The van der Waals surface area contributed by atoms with Gasteiger partial charge >= 0.3 is 11.8 Å². The van der Waals surface area contributed by atoms with E-state index < -0.39 is 11.8 Å². The summed E-state index contributed by atoms with van der Waals surface area (Å²) in [7, 11) is 0. The molecule has 0 aliphatic carbocycles. The highest BCUT2D eigenvalue weighted by atomic mass is 35.5. The zero-order valence-corrected chi connectivity index (χ0v) is 17.5. The maximum atomic E-state index is 12.0. The zero-order valence-electron chi connectivity index (χ0n) is 15.9. The molecule has 0 spiro atoms. The van der Waals surface area contributed by atoms with Crippen molar-refractivity contribution in [2.45, 2.75) is 6.92 Å². The van der Waals surface area contributed by atoms with E-state index in [1.165, 1.54) is 6.21 Å². The number of carbonyl (C=O) groups is 2. The minimum atomic E-state index is -0.890. The number of amides is 2. The van der Waals surface area contributed by atoms with Crippen LogP contribution >= 0.6 is 23.2 Å². The Labute approximate surface area is 183 Å². The predicted octanol–water partition coefficient (Wildman–Crippen LogP) is 5.13. The first-order valence-corrected chi connectivity index (χ1v) is 9.69. The monoisotopic (exact) mass is 440 g/mol. The summed E-state index contributed by atoms with van der Waals surface area (Å²) in [6, 6.07) is 19.5. The number of aryl methyl sites for hydroxylation is 1. The highest BCUT2D eigenvalue weighted by molar-refractivity contribution is 6.39. The molecule has 0 aliphatic heterocycles. The fourth-order valence-corrected chi connectivity index (χ4v) is 2.97. The Bertz CT molecular complexity index is 1120. The fraction of sp³-hybridized carbons (Fsp3) is 0.0455. The van der Waals surface area contributed by atoms with Gasteiger partial charge in [0.2, 0.25) is 0 Å². The van der Waals surface area contributed by atoms with Gasteiger partial charge in [0.15, 0.2) is 0 Å². The van der Waals surface area contributed by atoms with Gasteiger partial charge in [0, 0.05) is 32.7 Å². The maximum absolute atomic E-state index is 12.0. The Morgan fingerprint density at radius 2 is 1.60 bits per heavy atom. The number of halogens is 2. The SMILES string of the molecule is Cc1cccc(NC(=O)C(=O)N/N=C\c2cc(Cl)ccc2Nc2cccc(Cl)c2)c1. The molecule has 30 heavy (non-hydrogen) atoms. The lowest BCUT2D eigenvalue weighted by atomic mass is 10.2. The molecule has 0 saturated carbocycles. The van der Waals surface area contributed by atoms with Crippen LogP contribution in [0.1, 0.15) is 11.1 Å². The van der Waals surface area contributed by atoms with E-state index in [2.05, 4.69) is 21.2 Å². The molecule has 3 aromatic carbocycles. The normalized spacial score (nSPS) is 10.6. The predicted molar refractivity (Wildman–Crippen MR) is 122 cm³/mol. The average Bonchev–Trinajstić information content (AvgIpc) is 2.70. The van der Waals surface area contributed by atoms with Gasteiger partial charge in [-0.25, -0.2) is 5.43 Å². The fourth-order valence-electron chi connectivity index (χ4n) is 2.60. The first-order valence-electron chi connectivity index (χ1n) is 8.94. The van der Waals surface area contributed by atoms with Crippen LogP contribution in [0.5, 0.6) is 0 Å². The number of anilines is 3. The van der Waals surface area contributed by atoms with Gasteiger partial charge in [-0.15, -0.1) is 0 Å². The molecule has 2 amide bonds. The lowest BCUT2D eigenvalue weighted by molar-refractivity contribution is -0.136. The Morgan fingerprint density at radius 1 is 0.867 bits per heavy atom. The minimum absolute atomic E-state index is 0.497. The van der Waals surface area contributed by atoms with Crippen molar-refractivity contribution in [3.63, 3.8) is 0 Å². The van der Waals surface area contributed by atoms with Gasteiger partial charge in [0.1, 0.15) is 0 Å². The lowest BCUT2D eigenvalue weighted by Crippen LogP contribution is -2.32. The summed E-state index contributed by atoms with van der Waals surface area (Å²) in [5, 5.41) is 10.7. The molecular formula is C22H18Cl2N4O2. The van der Waals surface area contributed by atoms with E-state index in [9.17, 15) is 9.59 Å². The number of carbonyl (C=O) groups excluding carboxylic acids is 2. The molecule has 0 radical (unpaired) electrons. The van der Waals surface area contributed by atoms with Crippen LogP contribution in [0.2, 0.25) is 10.0 Å². The molecule has 0 atom stereocenters. The summed E-state index contributed by atoms with van der Waals surface area (Å²) in [6.45, 7) is 1.89. The molecule has 0 heterocycles. The van der Waals surface area contributed by atoms with Crippen LogP contribution < -0.4 is 16.1 Å². The molecule has 3 aromatic rings. The van der Waals surface area contributed by atoms with Gasteiger partial charge in [-0.05, 0) is 61.0 Å². The number of hydrogen-bond donors (Lipinski definition) is 3. The third-order valence-electron chi connectivity index (χ3n) is 3.97. The second-order valence-electron chi connectivity index (χ2n) is 6.39. The highest BCUT2D eigenvalue weighted by Crippen LogP contribution is 2.24. The first kappa shape index (κ1) is 21.4. The number of hydrazone groups is 1. The molecule has 0 fully saturated rings. The van der Waals surface area contributed by atoms with Crippen molar-refractivity contribution in [3.05, 3.63) is 87.9 Å². The van der Waals surface area contributed by atoms with Crippen molar-refractivity contribution in [3.8, 4) is 0 Å². The molecule has 0 aliphatic rings. The van der Waals surface area contributed by atoms with E-state index >= 15 is 0 Å². The summed E-state index contributed by atoms with van der Waals surface area (Å²) < 4.78 is 0. The van der Waals surface area contributed by atoms with Gasteiger partial charge in [0.25, 0.3) is 0 Å². The van der Waals surface area contributed by atoms with Crippen LogP contribution in [-0.2, 0) is 9.59 Å². The summed E-state index contributed by atoms with van der Waals surface area (Å²) in [4.78, 5) is 24.0. The van der Waals surface area contributed by atoms with Crippen molar-refractivity contribution in [2.75, 3.05) is 10.6 Å². The number of nitrogens with one attached hydrogen (secondary N) is 3. The quantitative estimate of drug-likeness (QED) is 0.292. The maximum Gasteiger partial charge on any atom is 0.329 e. The summed E-state index contributed by atoms with van der Waals surface area (Å²) in [6.07, 6.45) is 1.40. The van der Waals surface area contributed by atoms with Gasteiger partial charge in [-0.3, -0.25) is 9.59 Å². The van der Waals surface area contributed by atoms with Gasteiger partial charge < -0.3 is 10.6 Å². The standard InChI is InChI=1S/C22H18Cl2N4O2/c1-14-4-2-6-18(10-14)27-21(29)22(30)28-25-13-15-11-17(24)8-9-20(15)26-19-7-3-5-16(23)12-19/h2-13,26H,1H3,(H,27,29)(H,28,30)/b25-13-. The molecule has 152 valence electrons. The highest BCUT2D eigenvalue weighted by Gasteiger charge is 2.13. The van der Waals surface area contributed by atoms with Crippen molar-refractivity contribution < 1.29 is 9.59 Å². The van der Waals surface area contributed by atoms with Crippen molar-refractivity contribution in [1.82, 2.24) is 5.43 Å². The molecule has 0 saturated heterocycles. The van der Waals surface area contributed by atoms with Gasteiger partial charge in [-0.2, -0.15) is 5.10 Å². The molecule has 3 N–H and O–H groups in total. The van der Waals surface area contributed by atoms with Crippen LogP contribution in [0.4, 0.5) is 17.1 Å².